The average Bonchev–Trinajstić information content (AvgIpc) is 3.15. The summed E-state index contributed by atoms with van der Waals surface area (Å²) in [4.78, 5) is 16.1. The number of halogens is 1. The van der Waals surface area contributed by atoms with E-state index in [9.17, 15) is 4.79 Å². The van der Waals surface area contributed by atoms with E-state index in [-0.39, 0.29) is 12.3 Å². The molecule has 0 unspecified atom stereocenters. The molecule has 0 spiro atoms. The number of aryl methyl sites for hydroxylation is 2. The van der Waals surface area contributed by atoms with Crippen LogP contribution in [0, 0.1) is 6.92 Å². The lowest BCUT2D eigenvalue weighted by molar-refractivity contribution is -0.116. The highest BCUT2D eigenvalue weighted by molar-refractivity contribution is 6.33. The summed E-state index contributed by atoms with van der Waals surface area (Å²) < 4.78 is 10.0. The van der Waals surface area contributed by atoms with Crippen LogP contribution in [0.4, 0.5) is 5.82 Å². The van der Waals surface area contributed by atoms with Gasteiger partial charge < -0.3 is 14.4 Å². The molecule has 0 fully saturated rings. The van der Waals surface area contributed by atoms with Crippen LogP contribution in [0.3, 0.4) is 0 Å². The lowest BCUT2D eigenvalue weighted by atomic mass is 10.2. The van der Waals surface area contributed by atoms with Crippen LogP contribution in [0.5, 0.6) is 0 Å². The first-order chi connectivity index (χ1) is 11.1. The Hall–Kier alpha value is -2.67. The molecule has 0 atom stereocenters. The minimum absolute atomic E-state index is 0.191. The zero-order valence-corrected chi connectivity index (χ0v) is 13.0. The van der Waals surface area contributed by atoms with E-state index in [1.54, 1.807) is 25.1 Å². The van der Waals surface area contributed by atoms with Crippen LogP contribution >= 0.6 is 11.6 Å². The number of amides is 1. The highest BCUT2D eigenvalue weighted by Gasteiger charge is 2.13. The second-order valence-corrected chi connectivity index (χ2v) is 5.27. The van der Waals surface area contributed by atoms with Gasteiger partial charge in [0, 0.05) is 24.5 Å². The molecule has 118 valence electrons. The number of hydrogen-bond donors (Lipinski definition) is 1. The molecular formula is C15H13ClN4O3. The Balaban J connectivity index is 1.59. The van der Waals surface area contributed by atoms with Crippen molar-refractivity contribution in [3.8, 4) is 11.4 Å². The summed E-state index contributed by atoms with van der Waals surface area (Å²) in [5.41, 5.74) is 0.687. The first-order valence-corrected chi connectivity index (χ1v) is 7.30. The molecule has 1 amide bonds. The first-order valence-electron chi connectivity index (χ1n) is 6.92. The molecule has 2 aromatic heterocycles. The fourth-order valence-electron chi connectivity index (χ4n) is 1.96. The number of nitrogens with zero attached hydrogens (tertiary/aromatic N) is 3. The van der Waals surface area contributed by atoms with Gasteiger partial charge in [0.05, 0.1) is 5.02 Å². The van der Waals surface area contributed by atoms with Gasteiger partial charge in [-0.3, -0.25) is 4.79 Å². The molecule has 0 bridgehead atoms. The van der Waals surface area contributed by atoms with Gasteiger partial charge in [-0.1, -0.05) is 34.0 Å². The summed E-state index contributed by atoms with van der Waals surface area (Å²) in [5.74, 6) is 1.57. The highest BCUT2D eigenvalue weighted by atomic mass is 35.5. The summed E-state index contributed by atoms with van der Waals surface area (Å²) in [6.07, 6.45) is 0.510. The van der Waals surface area contributed by atoms with Crippen molar-refractivity contribution in [3.63, 3.8) is 0 Å². The monoisotopic (exact) mass is 332 g/mol. The summed E-state index contributed by atoms with van der Waals surface area (Å²) in [5, 5.41) is 10.7. The van der Waals surface area contributed by atoms with Crippen molar-refractivity contribution in [1.29, 1.82) is 0 Å². The van der Waals surface area contributed by atoms with Crippen LogP contribution in [-0.2, 0) is 11.2 Å². The van der Waals surface area contributed by atoms with Gasteiger partial charge >= 0.3 is 0 Å². The van der Waals surface area contributed by atoms with Crippen LogP contribution in [0.2, 0.25) is 5.02 Å². The van der Waals surface area contributed by atoms with Crippen molar-refractivity contribution >= 4 is 23.3 Å². The third-order valence-electron chi connectivity index (χ3n) is 3.04. The molecule has 3 aromatic rings. The average molecular weight is 333 g/mol. The van der Waals surface area contributed by atoms with Gasteiger partial charge in [-0.2, -0.15) is 4.98 Å². The standard InChI is InChI=1S/C15H13ClN4O3/c1-9-8-12(19-22-9)17-13(21)6-7-14-18-15(20-23-14)10-4-2-3-5-11(10)16/h2-5,8H,6-7H2,1H3,(H,17,19,21). The Morgan fingerprint density at radius 2 is 2.09 bits per heavy atom. The van der Waals surface area contributed by atoms with Crippen LogP contribution in [0.15, 0.2) is 39.4 Å². The van der Waals surface area contributed by atoms with Crippen molar-refractivity contribution in [1.82, 2.24) is 15.3 Å². The summed E-state index contributed by atoms with van der Waals surface area (Å²) in [6.45, 7) is 1.75. The minimum atomic E-state index is -0.212. The van der Waals surface area contributed by atoms with Crippen LogP contribution < -0.4 is 5.32 Å². The van der Waals surface area contributed by atoms with Crippen molar-refractivity contribution in [2.24, 2.45) is 0 Å². The third-order valence-corrected chi connectivity index (χ3v) is 3.37. The molecule has 23 heavy (non-hydrogen) atoms. The van der Waals surface area contributed by atoms with E-state index in [0.29, 0.717) is 40.3 Å². The van der Waals surface area contributed by atoms with E-state index in [4.69, 9.17) is 20.6 Å². The number of hydrogen-bond acceptors (Lipinski definition) is 6. The lowest BCUT2D eigenvalue weighted by Gasteiger charge is -1.98. The topological polar surface area (TPSA) is 94.1 Å². The normalized spacial score (nSPS) is 10.7. The number of benzene rings is 1. The minimum Gasteiger partial charge on any atom is -0.360 e. The van der Waals surface area contributed by atoms with E-state index < -0.39 is 0 Å². The predicted octanol–water partition coefficient (Wildman–Crippen LogP) is 3.26. The van der Waals surface area contributed by atoms with Gasteiger partial charge in [-0.15, -0.1) is 0 Å². The molecule has 8 heteroatoms. The summed E-state index contributed by atoms with van der Waals surface area (Å²) in [6, 6.07) is 8.85. The SMILES string of the molecule is Cc1cc(NC(=O)CCc2nc(-c3ccccc3Cl)no2)no1. The van der Waals surface area contributed by atoms with Crippen LogP contribution in [-0.4, -0.2) is 21.2 Å². The maximum atomic E-state index is 11.8. The molecule has 0 radical (unpaired) electrons. The van der Waals surface area contributed by atoms with Gasteiger partial charge in [-0.05, 0) is 19.1 Å². The maximum absolute atomic E-state index is 11.8. The number of nitrogens with one attached hydrogen (secondary N) is 1. The Kier molecular flexibility index (Phi) is 4.38. The van der Waals surface area contributed by atoms with Gasteiger partial charge in [0.2, 0.25) is 17.6 Å². The Bertz CT molecular complexity index is 828. The number of rotatable bonds is 5. The molecule has 7 nitrogen and oxygen atoms in total. The quantitative estimate of drug-likeness (QED) is 0.770. The summed E-state index contributed by atoms with van der Waals surface area (Å²) >= 11 is 6.09. The van der Waals surface area contributed by atoms with Crippen molar-refractivity contribution in [3.05, 3.63) is 47.0 Å². The Morgan fingerprint density at radius 3 is 2.83 bits per heavy atom. The van der Waals surface area contributed by atoms with Gasteiger partial charge in [0.1, 0.15) is 5.76 Å². The smallest absolute Gasteiger partial charge is 0.227 e. The molecule has 3 rings (SSSR count). The van der Waals surface area contributed by atoms with Gasteiger partial charge in [-0.25, -0.2) is 0 Å². The van der Waals surface area contributed by atoms with E-state index >= 15 is 0 Å². The zero-order chi connectivity index (χ0) is 16.2. The van der Waals surface area contributed by atoms with E-state index in [0.717, 1.165) is 0 Å². The van der Waals surface area contributed by atoms with Crippen LogP contribution in [0.25, 0.3) is 11.4 Å². The van der Waals surface area contributed by atoms with Crippen LogP contribution in [0.1, 0.15) is 18.1 Å². The molecule has 0 saturated carbocycles. The number of carbonyl (C=O) groups is 1. The molecule has 0 saturated heterocycles. The van der Waals surface area contributed by atoms with Crippen molar-refractivity contribution in [2.45, 2.75) is 19.8 Å². The number of aromatic nitrogens is 3. The fourth-order valence-corrected chi connectivity index (χ4v) is 2.18. The molecule has 0 aliphatic carbocycles. The Morgan fingerprint density at radius 1 is 1.26 bits per heavy atom. The summed E-state index contributed by atoms with van der Waals surface area (Å²) in [7, 11) is 0. The van der Waals surface area contributed by atoms with Crippen molar-refractivity contribution < 1.29 is 13.8 Å². The van der Waals surface area contributed by atoms with Crippen molar-refractivity contribution in [2.75, 3.05) is 5.32 Å². The second kappa shape index (κ2) is 6.62. The predicted molar refractivity (Wildman–Crippen MR) is 82.9 cm³/mol. The third kappa shape index (κ3) is 3.75. The van der Waals surface area contributed by atoms with E-state index in [1.165, 1.54) is 0 Å². The van der Waals surface area contributed by atoms with Gasteiger partial charge in [0.15, 0.2) is 5.82 Å². The largest absolute Gasteiger partial charge is 0.360 e. The molecule has 2 heterocycles. The molecule has 1 aromatic carbocycles. The lowest BCUT2D eigenvalue weighted by Crippen LogP contribution is -2.12. The number of anilines is 1. The first kappa shape index (κ1) is 15.2. The molecule has 0 aliphatic heterocycles. The highest BCUT2D eigenvalue weighted by Crippen LogP contribution is 2.25. The fraction of sp³-hybridized carbons (Fsp3) is 0.200. The van der Waals surface area contributed by atoms with E-state index in [1.807, 2.05) is 12.1 Å². The number of carbonyl (C=O) groups excluding carboxylic acids is 1. The van der Waals surface area contributed by atoms with E-state index in [2.05, 4.69) is 20.6 Å². The molecule has 0 aliphatic rings. The zero-order valence-electron chi connectivity index (χ0n) is 12.2. The Labute approximate surface area is 136 Å². The molecular weight excluding hydrogens is 320 g/mol. The van der Waals surface area contributed by atoms with Gasteiger partial charge in [0.25, 0.3) is 0 Å². The maximum Gasteiger partial charge on any atom is 0.227 e. The molecule has 1 N–H and O–H groups in total. The second-order valence-electron chi connectivity index (χ2n) is 4.86.